The first-order valence-corrected chi connectivity index (χ1v) is 11.2. The van der Waals surface area contributed by atoms with Crippen LogP contribution in [0.1, 0.15) is 46.1 Å². The van der Waals surface area contributed by atoms with E-state index < -0.39 is 21.4 Å². The Morgan fingerprint density at radius 1 is 1.17 bits per heavy atom. The van der Waals surface area contributed by atoms with E-state index in [4.69, 9.17) is 14.2 Å². The Labute approximate surface area is 171 Å². The predicted molar refractivity (Wildman–Crippen MR) is 110 cm³/mol. The summed E-state index contributed by atoms with van der Waals surface area (Å²) in [5.74, 6) is -0.0579. The van der Waals surface area contributed by atoms with E-state index in [-0.39, 0.29) is 30.4 Å². The van der Waals surface area contributed by atoms with Crippen LogP contribution in [0.3, 0.4) is 0 Å². The fourth-order valence-electron chi connectivity index (χ4n) is 2.28. The van der Waals surface area contributed by atoms with Gasteiger partial charge in [-0.1, -0.05) is 0 Å². The number of hydrogen-bond donors (Lipinski definition) is 0. The van der Waals surface area contributed by atoms with Gasteiger partial charge in [-0.2, -0.15) is 0 Å². The molecule has 1 aromatic carbocycles. The van der Waals surface area contributed by atoms with E-state index in [1.807, 2.05) is 0 Å². The van der Waals surface area contributed by atoms with Crippen molar-refractivity contribution in [3.8, 4) is 5.75 Å². The van der Waals surface area contributed by atoms with Gasteiger partial charge in [0.2, 0.25) is 0 Å². The lowest BCUT2D eigenvalue weighted by atomic mass is 10.2. The molecule has 0 radical (unpaired) electrons. The summed E-state index contributed by atoms with van der Waals surface area (Å²) >= 11 is 0. The molecule has 0 aliphatic heterocycles. The summed E-state index contributed by atoms with van der Waals surface area (Å²) in [5, 5.41) is 2.89. The van der Waals surface area contributed by atoms with Crippen molar-refractivity contribution in [3.05, 3.63) is 28.7 Å². The molecule has 0 N–H and O–H groups in total. The minimum atomic E-state index is -2.95. The summed E-state index contributed by atoms with van der Waals surface area (Å²) in [7, 11) is -2.95. The van der Waals surface area contributed by atoms with Gasteiger partial charge in [0.15, 0.2) is 0 Å². The average Bonchev–Trinajstić information content (AvgIpc) is 2.55. The van der Waals surface area contributed by atoms with Crippen molar-refractivity contribution >= 4 is 27.5 Å². The lowest BCUT2D eigenvalue weighted by Gasteiger charge is -2.17. The number of carbonyl (C=O) groups is 2. The molecule has 1 aromatic rings. The smallest absolute Gasteiger partial charge is 0.442 e. The third kappa shape index (κ3) is 10.6. The molecule has 0 aliphatic rings. The van der Waals surface area contributed by atoms with Gasteiger partial charge in [-0.3, -0.25) is 4.79 Å². The molecule has 1 atom stereocenters. The molecule has 0 fully saturated rings. The number of carbonyl (C=O) groups excluding carboxylic acids is 2. The Morgan fingerprint density at radius 3 is 2.45 bits per heavy atom. The van der Waals surface area contributed by atoms with Crippen molar-refractivity contribution in [1.82, 2.24) is 0 Å². The Kier molecular flexibility index (Phi) is 9.22. The molecule has 1 amide bonds. The van der Waals surface area contributed by atoms with Crippen molar-refractivity contribution < 1.29 is 28.0 Å². The third-order valence-electron chi connectivity index (χ3n) is 3.25. The second-order valence-corrected chi connectivity index (χ2v) is 9.75. The molecular weight excluding hydrogens is 400 g/mol. The Balaban J connectivity index is 2.85. The van der Waals surface area contributed by atoms with Gasteiger partial charge >= 0.3 is 12.1 Å². The first-order chi connectivity index (χ1) is 13.4. The minimum Gasteiger partial charge on any atom is -0.493 e. The van der Waals surface area contributed by atoms with Crippen molar-refractivity contribution in [2.45, 2.75) is 51.9 Å². The number of ether oxygens (including phenoxy) is 3. The van der Waals surface area contributed by atoms with E-state index in [0.29, 0.717) is 24.3 Å². The zero-order valence-electron chi connectivity index (χ0n) is 17.4. The van der Waals surface area contributed by atoms with E-state index in [1.165, 1.54) is 18.4 Å². The molecule has 0 aliphatic carbocycles. The van der Waals surface area contributed by atoms with Crippen molar-refractivity contribution in [3.63, 3.8) is 0 Å². The summed E-state index contributed by atoms with van der Waals surface area (Å²) in [6.45, 7) is 7.33. The lowest BCUT2D eigenvalue weighted by molar-refractivity contribution is -0.143. The molecule has 0 heterocycles. The van der Waals surface area contributed by atoms with E-state index in [2.05, 4.69) is 9.54 Å². The highest BCUT2D eigenvalue weighted by Crippen LogP contribution is 2.25. The van der Waals surface area contributed by atoms with Crippen LogP contribution in [-0.2, 0) is 29.8 Å². The topological polar surface area (TPSA) is 121 Å². The van der Waals surface area contributed by atoms with Crippen LogP contribution in [0.2, 0.25) is 0 Å². The maximum Gasteiger partial charge on any atom is 0.442 e. The Morgan fingerprint density at radius 2 is 1.86 bits per heavy atom. The van der Waals surface area contributed by atoms with E-state index in [0.717, 1.165) is 0 Å². The molecule has 10 heteroatoms. The number of benzene rings is 1. The van der Waals surface area contributed by atoms with E-state index in [9.17, 15) is 18.7 Å². The highest BCUT2D eigenvalue weighted by Gasteiger charge is 2.18. The zero-order chi connectivity index (χ0) is 22.1. The molecule has 0 saturated carbocycles. The summed E-state index contributed by atoms with van der Waals surface area (Å²) < 4.78 is 31.8. The monoisotopic (exact) mass is 428 g/mol. The van der Waals surface area contributed by atoms with Gasteiger partial charge in [-0.05, 0) is 57.0 Å². The molecule has 162 valence electrons. The lowest BCUT2D eigenvalue weighted by Crippen LogP contribution is -2.22. The predicted octanol–water partition coefficient (Wildman–Crippen LogP) is 4.34. The number of rotatable bonds is 9. The number of amides is 1. The van der Waals surface area contributed by atoms with Gasteiger partial charge in [-0.25, -0.2) is 9.00 Å². The average molecular weight is 429 g/mol. The van der Waals surface area contributed by atoms with Crippen molar-refractivity contribution in [2.75, 3.05) is 19.5 Å². The molecule has 9 nitrogen and oxygen atoms in total. The number of nitrogens with zero attached hydrogens (tertiary/aromatic N) is 2. The maximum absolute atomic E-state index is 12.7. The van der Waals surface area contributed by atoms with Gasteiger partial charge in [0, 0.05) is 18.7 Å². The number of hydrogen-bond acceptors (Lipinski definition) is 8. The molecular formula is C19H28N2O7S. The molecule has 1 rings (SSSR count). The second-order valence-electron chi connectivity index (χ2n) is 7.36. The van der Waals surface area contributed by atoms with Gasteiger partial charge in [0.05, 0.1) is 28.7 Å². The number of nitroso groups, excluding NO2 is 1. The van der Waals surface area contributed by atoms with Crippen LogP contribution in [0.25, 0.3) is 0 Å². The fourth-order valence-corrected chi connectivity index (χ4v) is 3.48. The van der Waals surface area contributed by atoms with Crippen LogP contribution < -0.4 is 4.74 Å². The Hall–Kier alpha value is -2.49. The fraction of sp³-hybridized carbons (Fsp3) is 0.579. The van der Waals surface area contributed by atoms with E-state index >= 15 is 0 Å². The second kappa shape index (κ2) is 10.9. The van der Waals surface area contributed by atoms with Crippen LogP contribution in [0.4, 0.5) is 10.5 Å². The molecule has 0 aromatic heterocycles. The van der Waals surface area contributed by atoms with Gasteiger partial charge < -0.3 is 14.2 Å². The Bertz CT molecular complexity index is 853. The molecule has 1 unspecified atom stereocenters. The van der Waals surface area contributed by atoms with Crippen molar-refractivity contribution in [2.24, 2.45) is 9.54 Å². The normalized spacial score (nSPS) is 13.1. The van der Waals surface area contributed by atoms with Crippen LogP contribution in [0.15, 0.2) is 27.7 Å². The molecule has 0 saturated heterocycles. The number of esters is 1. The molecule has 0 spiro atoms. The van der Waals surface area contributed by atoms with Crippen LogP contribution >= 0.6 is 0 Å². The van der Waals surface area contributed by atoms with Crippen molar-refractivity contribution in [1.29, 1.82) is 0 Å². The zero-order valence-corrected chi connectivity index (χ0v) is 18.2. The first kappa shape index (κ1) is 24.5. The first-order valence-electron chi connectivity index (χ1n) is 9.12. The quantitative estimate of drug-likeness (QED) is 0.326. The standard InChI is InChI=1S/C19H28N2O7S/c1-6-26-17(22)8-7-9-27-16-11-14(10-15(12-16)20-24)13-29(5,25)21-18(23)28-19(2,3)4/h10-12H,6-9,13H2,1-5H3. The largest absolute Gasteiger partial charge is 0.493 e. The summed E-state index contributed by atoms with van der Waals surface area (Å²) in [6, 6.07) is 4.47. The maximum atomic E-state index is 12.7. The third-order valence-corrected chi connectivity index (χ3v) is 4.66. The summed E-state index contributed by atoms with van der Waals surface area (Å²) in [5.41, 5.74) is -0.181. The van der Waals surface area contributed by atoms with Crippen LogP contribution in [0.5, 0.6) is 5.75 Å². The van der Waals surface area contributed by atoms with Gasteiger partial charge in [0.1, 0.15) is 17.0 Å². The van der Waals surface area contributed by atoms with Crippen LogP contribution in [0, 0.1) is 4.91 Å². The van der Waals surface area contributed by atoms with Gasteiger partial charge in [-0.15, -0.1) is 9.27 Å². The molecule has 0 bridgehead atoms. The SMILES string of the molecule is CCOC(=O)CCCOc1cc(CS(C)(=O)=NC(=O)OC(C)(C)C)cc(N=O)c1. The summed E-state index contributed by atoms with van der Waals surface area (Å²) in [6.07, 6.45) is 1.07. The highest BCUT2D eigenvalue weighted by atomic mass is 32.2. The van der Waals surface area contributed by atoms with Gasteiger partial charge in [0.25, 0.3) is 0 Å². The minimum absolute atomic E-state index is 0.0885. The highest BCUT2D eigenvalue weighted by molar-refractivity contribution is 7.92. The van der Waals surface area contributed by atoms with E-state index in [1.54, 1.807) is 33.8 Å². The van der Waals surface area contributed by atoms with Crippen LogP contribution in [-0.4, -0.2) is 41.3 Å². The molecule has 29 heavy (non-hydrogen) atoms. The summed E-state index contributed by atoms with van der Waals surface area (Å²) in [4.78, 5) is 34.1.